The molecular formula is C27H34N2O3. The Morgan fingerprint density at radius 1 is 1.16 bits per heavy atom. The lowest BCUT2D eigenvalue weighted by Crippen LogP contribution is -2.45. The van der Waals surface area contributed by atoms with Gasteiger partial charge in [-0.05, 0) is 42.4 Å². The number of carbonyl (C=O) groups excluding carboxylic acids is 1. The van der Waals surface area contributed by atoms with Crippen molar-refractivity contribution in [3.05, 3.63) is 65.2 Å². The first kappa shape index (κ1) is 23.7. The molecule has 0 aliphatic carbocycles. The molecule has 5 nitrogen and oxygen atoms in total. The molecule has 0 radical (unpaired) electrons. The second-order valence-corrected chi connectivity index (χ2v) is 9.07. The summed E-state index contributed by atoms with van der Waals surface area (Å²) in [6.45, 7) is 9.03. The Labute approximate surface area is 192 Å². The highest BCUT2D eigenvalue weighted by Gasteiger charge is 2.38. The number of nitrogens with zero attached hydrogens (tertiary/aromatic N) is 1. The summed E-state index contributed by atoms with van der Waals surface area (Å²) in [4.78, 5) is 14.8. The van der Waals surface area contributed by atoms with Crippen molar-refractivity contribution in [3.8, 4) is 17.6 Å². The Kier molecular flexibility index (Phi) is 7.82. The molecule has 1 aliphatic rings. The molecule has 3 rings (SSSR count). The highest BCUT2D eigenvalue weighted by atomic mass is 16.6. The van der Waals surface area contributed by atoms with E-state index in [1.807, 2.05) is 29.2 Å². The molecule has 2 aromatic rings. The van der Waals surface area contributed by atoms with Crippen LogP contribution in [0.2, 0.25) is 0 Å². The monoisotopic (exact) mass is 434 g/mol. The predicted octanol–water partition coefficient (Wildman–Crippen LogP) is 5.41. The minimum absolute atomic E-state index is 0.0291. The van der Waals surface area contributed by atoms with Crippen molar-refractivity contribution >= 4 is 6.09 Å². The van der Waals surface area contributed by atoms with E-state index >= 15 is 0 Å². The Morgan fingerprint density at radius 2 is 1.91 bits per heavy atom. The van der Waals surface area contributed by atoms with Gasteiger partial charge in [0.25, 0.3) is 0 Å². The second kappa shape index (κ2) is 10.6. The van der Waals surface area contributed by atoms with Crippen molar-refractivity contribution in [1.29, 1.82) is 0 Å². The largest absolute Gasteiger partial charge is 0.496 e. The number of hydrogen-bond donors (Lipinski definition) is 1. The molecule has 2 aromatic carbocycles. The van der Waals surface area contributed by atoms with Gasteiger partial charge in [0.2, 0.25) is 0 Å². The summed E-state index contributed by atoms with van der Waals surface area (Å²) in [6.07, 6.45) is 1.24. The molecule has 2 unspecified atom stereocenters. The number of rotatable bonds is 6. The molecule has 0 saturated carbocycles. The maximum atomic E-state index is 13.0. The zero-order valence-corrected chi connectivity index (χ0v) is 19.8. The van der Waals surface area contributed by atoms with Crippen molar-refractivity contribution in [1.82, 2.24) is 10.2 Å². The van der Waals surface area contributed by atoms with Crippen molar-refractivity contribution < 1.29 is 14.3 Å². The summed E-state index contributed by atoms with van der Waals surface area (Å²) >= 11 is 0. The lowest BCUT2D eigenvalue weighted by molar-refractivity contribution is 0.0863. The Balaban J connectivity index is 1.81. The number of amides is 1. The predicted molar refractivity (Wildman–Crippen MR) is 127 cm³/mol. The van der Waals surface area contributed by atoms with Crippen LogP contribution in [0.15, 0.2) is 48.5 Å². The van der Waals surface area contributed by atoms with Gasteiger partial charge in [-0.3, -0.25) is 10.2 Å². The van der Waals surface area contributed by atoms with Gasteiger partial charge in [0.15, 0.2) is 6.61 Å². The molecule has 0 aromatic heterocycles. The minimum atomic E-state index is -0.341. The summed E-state index contributed by atoms with van der Waals surface area (Å²) in [5.74, 6) is 6.42. The third-order valence-electron chi connectivity index (χ3n) is 5.90. The summed E-state index contributed by atoms with van der Waals surface area (Å²) in [7, 11) is 1.69. The fourth-order valence-corrected chi connectivity index (χ4v) is 4.12. The summed E-state index contributed by atoms with van der Waals surface area (Å²) in [6, 6.07) is 16.4. The first-order valence-corrected chi connectivity index (χ1v) is 11.2. The average Bonchev–Trinajstić information content (AvgIpc) is 3.21. The quantitative estimate of drug-likeness (QED) is 0.618. The molecule has 32 heavy (non-hydrogen) atoms. The minimum Gasteiger partial charge on any atom is -0.496 e. The highest BCUT2D eigenvalue weighted by Crippen LogP contribution is 2.36. The van der Waals surface area contributed by atoms with E-state index in [-0.39, 0.29) is 30.3 Å². The standard InChI is InChI=1S/C27H34N2O3/c1-6-7-17-32-26(30)29-23(20-11-9-8-10-12-20)14-16-25(29)28-19-21-18-22(27(2,3)4)13-15-24(21)31-5/h8-13,15,18,23,25,28H,14,16-17,19H2,1-5H3. The van der Waals surface area contributed by atoms with E-state index in [2.05, 4.69) is 62.2 Å². The van der Waals surface area contributed by atoms with Crippen LogP contribution >= 0.6 is 0 Å². The SMILES string of the molecule is CC#CCOC(=O)N1C(NCc2cc(C(C)(C)C)ccc2OC)CCC1c1ccccc1. The van der Waals surface area contributed by atoms with Crippen LogP contribution in [0, 0.1) is 11.8 Å². The van der Waals surface area contributed by atoms with Crippen LogP contribution in [0.1, 0.15) is 63.3 Å². The maximum Gasteiger partial charge on any atom is 0.412 e. The average molecular weight is 435 g/mol. The molecule has 2 atom stereocenters. The summed E-state index contributed by atoms with van der Waals surface area (Å²) in [5, 5.41) is 3.58. The third-order valence-corrected chi connectivity index (χ3v) is 5.90. The van der Waals surface area contributed by atoms with Crippen LogP contribution in [0.5, 0.6) is 5.75 Å². The van der Waals surface area contributed by atoms with Crippen LogP contribution < -0.4 is 10.1 Å². The van der Waals surface area contributed by atoms with Crippen molar-refractivity contribution in [2.24, 2.45) is 0 Å². The van der Waals surface area contributed by atoms with E-state index in [9.17, 15) is 4.79 Å². The molecule has 5 heteroatoms. The number of hydrogen-bond acceptors (Lipinski definition) is 4. The first-order valence-electron chi connectivity index (χ1n) is 11.2. The van der Waals surface area contributed by atoms with Gasteiger partial charge in [-0.25, -0.2) is 4.79 Å². The van der Waals surface area contributed by atoms with Crippen molar-refractivity contribution in [2.75, 3.05) is 13.7 Å². The summed E-state index contributed by atoms with van der Waals surface area (Å²) in [5.41, 5.74) is 3.48. The van der Waals surface area contributed by atoms with Gasteiger partial charge in [-0.2, -0.15) is 0 Å². The van der Waals surface area contributed by atoms with Crippen LogP contribution in [0.3, 0.4) is 0 Å². The van der Waals surface area contributed by atoms with Crippen molar-refractivity contribution in [3.63, 3.8) is 0 Å². The number of ether oxygens (including phenoxy) is 2. The van der Waals surface area contributed by atoms with Gasteiger partial charge < -0.3 is 9.47 Å². The van der Waals surface area contributed by atoms with E-state index in [4.69, 9.17) is 9.47 Å². The lowest BCUT2D eigenvalue weighted by Gasteiger charge is -2.30. The number of nitrogens with one attached hydrogen (secondary N) is 1. The normalized spacial score (nSPS) is 18.1. The van der Waals surface area contributed by atoms with Crippen LogP contribution in [-0.2, 0) is 16.7 Å². The summed E-state index contributed by atoms with van der Waals surface area (Å²) < 4.78 is 11.1. The Hall–Kier alpha value is -2.97. The first-order chi connectivity index (χ1) is 15.3. The highest BCUT2D eigenvalue weighted by molar-refractivity contribution is 5.69. The molecule has 0 bridgehead atoms. The van der Waals surface area contributed by atoms with Crippen LogP contribution in [-0.4, -0.2) is 30.9 Å². The van der Waals surface area contributed by atoms with Gasteiger partial charge in [0.05, 0.1) is 19.3 Å². The Morgan fingerprint density at radius 3 is 2.56 bits per heavy atom. The topological polar surface area (TPSA) is 50.8 Å². The molecule has 0 spiro atoms. The fourth-order valence-electron chi connectivity index (χ4n) is 4.12. The Bertz CT molecular complexity index is 970. The third kappa shape index (κ3) is 5.63. The molecule has 1 N–H and O–H groups in total. The number of carbonyl (C=O) groups is 1. The van der Waals surface area contributed by atoms with Crippen LogP contribution in [0.4, 0.5) is 4.79 Å². The van der Waals surface area contributed by atoms with Gasteiger partial charge in [0.1, 0.15) is 5.75 Å². The zero-order valence-electron chi connectivity index (χ0n) is 19.8. The molecule has 1 fully saturated rings. The molecule has 170 valence electrons. The van der Waals surface area contributed by atoms with Gasteiger partial charge >= 0.3 is 6.09 Å². The number of likely N-dealkylation sites (tertiary alicyclic amines) is 1. The molecule has 1 heterocycles. The number of methoxy groups -OCH3 is 1. The van der Waals surface area contributed by atoms with Gasteiger partial charge in [-0.1, -0.05) is 69.2 Å². The van der Waals surface area contributed by atoms with E-state index < -0.39 is 0 Å². The maximum absolute atomic E-state index is 13.0. The van der Waals surface area contributed by atoms with E-state index in [0.717, 1.165) is 29.7 Å². The number of benzene rings is 2. The second-order valence-electron chi connectivity index (χ2n) is 9.07. The van der Waals surface area contributed by atoms with E-state index in [0.29, 0.717) is 6.54 Å². The van der Waals surface area contributed by atoms with Gasteiger partial charge in [-0.15, -0.1) is 5.92 Å². The molecule has 1 aliphatic heterocycles. The smallest absolute Gasteiger partial charge is 0.412 e. The lowest BCUT2D eigenvalue weighted by atomic mass is 9.86. The van der Waals surface area contributed by atoms with E-state index in [1.165, 1.54) is 5.56 Å². The molecule has 1 amide bonds. The van der Waals surface area contributed by atoms with Gasteiger partial charge in [0, 0.05) is 12.1 Å². The van der Waals surface area contributed by atoms with E-state index in [1.54, 1.807) is 14.0 Å². The molecule has 1 saturated heterocycles. The molecular weight excluding hydrogens is 400 g/mol. The zero-order chi connectivity index (χ0) is 23.1. The van der Waals surface area contributed by atoms with Crippen molar-refractivity contribution in [2.45, 2.75) is 64.7 Å². The fraction of sp³-hybridized carbons (Fsp3) is 0.444. The van der Waals surface area contributed by atoms with Crippen LogP contribution in [0.25, 0.3) is 0 Å².